The van der Waals surface area contributed by atoms with Crippen LogP contribution in [0.1, 0.15) is 42.1 Å². The third-order valence-electron chi connectivity index (χ3n) is 4.65. The highest BCUT2D eigenvalue weighted by molar-refractivity contribution is 5.91. The molecule has 2 aromatic heterocycles. The summed E-state index contributed by atoms with van der Waals surface area (Å²) in [5, 5.41) is 12.3. The minimum Gasteiger partial charge on any atom is -0.459 e. The number of amides is 2. The van der Waals surface area contributed by atoms with Gasteiger partial charge in [-0.1, -0.05) is 0 Å². The predicted molar refractivity (Wildman–Crippen MR) is 85.6 cm³/mol. The Labute approximate surface area is 144 Å². The highest BCUT2D eigenvalue weighted by atomic mass is 16.3. The molecular weight excluding hydrogens is 324 g/mol. The van der Waals surface area contributed by atoms with Crippen molar-refractivity contribution in [2.75, 3.05) is 19.6 Å². The highest BCUT2D eigenvalue weighted by Gasteiger charge is 2.32. The second kappa shape index (κ2) is 6.30. The Morgan fingerprint density at radius 1 is 1.32 bits per heavy atom. The number of nitrogens with zero attached hydrogens (tertiary/aromatic N) is 6. The fourth-order valence-electron chi connectivity index (χ4n) is 3.11. The molecule has 1 aliphatic carbocycles. The van der Waals surface area contributed by atoms with Gasteiger partial charge in [-0.05, 0) is 37.1 Å². The topological polar surface area (TPSA) is 97.4 Å². The van der Waals surface area contributed by atoms with E-state index in [9.17, 15) is 9.59 Å². The third-order valence-corrected chi connectivity index (χ3v) is 4.65. The van der Waals surface area contributed by atoms with Crippen LogP contribution in [0, 0.1) is 0 Å². The van der Waals surface area contributed by atoms with Gasteiger partial charge in [0.15, 0.2) is 11.6 Å². The van der Waals surface area contributed by atoms with Gasteiger partial charge < -0.3 is 14.2 Å². The van der Waals surface area contributed by atoms with Gasteiger partial charge in [-0.15, -0.1) is 10.2 Å². The first-order chi connectivity index (χ1) is 12.1. The molecule has 1 saturated heterocycles. The van der Waals surface area contributed by atoms with Crippen molar-refractivity contribution in [2.24, 2.45) is 0 Å². The molecule has 0 radical (unpaired) electrons. The molecule has 0 spiro atoms. The van der Waals surface area contributed by atoms with Crippen molar-refractivity contribution in [3.05, 3.63) is 30.0 Å². The third kappa shape index (κ3) is 3.26. The predicted octanol–water partition coefficient (Wildman–Crippen LogP) is 0.517. The number of rotatable bonds is 4. The normalized spacial score (nSPS) is 20.8. The Hall–Kier alpha value is -2.71. The zero-order chi connectivity index (χ0) is 17.4. The van der Waals surface area contributed by atoms with Crippen LogP contribution >= 0.6 is 0 Å². The summed E-state index contributed by atoms with van der Waals surface area (Å²) in [5.41, 5.74) is 0. The second-order valence-electron chi connectivity index (χ2n) is 6.62. The molecule has 2 aromatic rings. The maximum absolute atomic E-state index is 12.6. The summed E-state index contributed by atoms with van der Waals surface area (Å²) < 4.78 is 5.17. The molecule has 0 bridgehead atoms. The zero-order valence-electron chi connectivity index (χ0n) is 14.0. The zero-order valence-corrected chi connectivity index (χ0v) is 14.0. The molecule has 9 heteroatoms. The average molecular weight is 344 g/mol. The van der Waals surface area contributed by atoms with Crippen molar-refractivity contribution in [3.63, 3.8) is 0 Å². The molecule has 2 fully saturated rings. The molecule has 25 heavy (non-hydrogen) atoms. The van der Waals surface area contributed by atoms with Gasteiger partial charge in [0, 0.05) is 31.6 Å². The summed E-state index contributed by atoms with van der Waals surface area (Å²) in [7, 11) is 0. The number of furan rings is 1. The molecule has 1 aliphatic heterocycles. The van der Waals surface area contributed by atoms with E-state index in [0.717, 1.165) is 18.7 Å². The molecule has 132 valence electrons. The van der Waals surface area contributed by atoms with E-state index in [4.69, 9.17) is 4.42 Å². The molecule has 1 atom stereocenters. The van der Waals surface area contributed by atoms with E-state index in [2.05, 4.69) is 15.4 Å². The van der Waals surface area contributed by atoms with Crippen molar-refractivity contribution in [1.29, 1.82) is 0 Å². The van der Waals surface area contributed by atoms with Crippen molar-refractivity contribution < 1.29 is 14.0 Å². The number of carbonyl (C=O) groups excluding carboxylic acids is 2. The minimum atomic E-state index is -0.143. The lowest BCUT2D eigenvalue weighted by atomic mass is 10.1. The summed E-state index contributed by atoms with van der Waals surface area (Å²) >= 11 is 0. The molecule has 1 saturated carbocycles. The number of carbonyl (C=O) groups is 2. The van der Waals surface area contributed by atoms with E-state index >= 15 is 0 Å². The van der Waals surface area contributed by atoms with Crippen LogP contribution in [0.15, 0.2) is 22.8 Å². The number of piperazine rings is 1. The van der Waals surface area contributed by atoms with Crippen LogP contribution in [-0.4, -0.2) is 67.5 Å². The summed E-state index contributed by atoms with van der Waals surface area (Å²) in [6.45, 7) is 3.45. The Kier molecular flexibility index (Phi) is 3.98. The first-order valence-electron chi connectivity index (χ1n) is 8.52. The highest BCUT2D eigenvalue weighted by Crippen LogP contribution is 2.37. The molecule has 2 aliphatic rings. The Morgan fingerprint density at radius 2 is 2.16 bits per heavy atom. The standard InChI is InChI=1S/C16H20N6O3/c1-11-9-20(16(24)13-3-2-8-25-13)6-7-21(11)14(23)10-22-18-15(17-19-22)12-4-5-12/h2-3,8,11-12H,4-7,9-10H2,1H3. The van der Waals surface area contributed by atoms with Crippen LogP contribution in [0.4, 0.5) is 0 Å². The van der Waals surface area contributed by atoms with E-state index in [1.165, 1.54) is 11.1 Å². The number of hydrogen-bond donors (Lipinski definition) is 0. The smallest absolute Gasteiger partial charge is 0.289 e. The monoisotopic (exact) mass is 344 g/mol. The SMILES string of the molecule is CC1CN(C(=O)c2ccco2)CCN1C(=O)Cn1nnc(C2CC2)n1. The first-order valence-corrected chi connectivity index (χ1v) is 8.52. The van der Waals surface area contributed by atoms with Crippen molar-refractivity contribution in [1.82, 2.24) is 30.0 Å². The fourth-order valence-corrected chi connectivity index (χ4v) is 3.11. The maximum Gasteiger partial charge on any atom is 0.289 e. The van der Waals surface area contributed by atoms with Crippen LogP contribution in [0.5, 0.6) is 0 Å². The van der Waals surface area contributed by atoms with Gasteiger partial charge in [-0.25, -0.2) is 0 Å². The molecule has 9 nitrogen and oxygen atoms in total. The van der Waals surface area contributed by atoms with Crippen LogP contribution in [0.2, 0.25) is 0 Å². The number of hydrogen-bond acceptors (Lipinski definition) is 6. The van der Waals surface area contributed by atoms with Crippen molar-refractivity contribution in [3.8, 4) is 0 Å². The Balaban J connectivity index is 1.35. The lowest BCUT2D eigenvalue weighted by molar-refractivity contribution is -0.136. The summed E-state index contributed by atoms with van der Waals surface area (Å²) in [4.78, 5) is 29.7. The van der Waals surface area contributed by atoms with E-state index in [1.807, 2.05) is 6.92 Å². The number of aromatic nitrogens is 4. The van der Waals surface area contributed by atoms with Crippen LogP contribution in [0.25, 0.3) is 0 Å². The summed E-state index contributed by atoms with van der Waals surface area (Å²) in [6.07, 6.45) is 3.68. The average Bonchev–Trinajstić information content (AvgIpc) is 3.11. The lowest BCUT2D eigenvalue weighted by Gasteiger charge is -2.39. The van der Waals surface area contributed by atoms with Gasteiger partial charge in [0.05, 0.1) is 6.26 Å². The molecule has 3 heterocycles. The van der Waals surface area contributed by atoms with E-state index in [-0.39, 0.29) is 24.4 Å². The Morgan fingerprint density at radius 3 is 2.84 bits per heavy atom. The molecule has 1 unspecified atom stereocenters. The largest absolute Gasteiger partial charge is 0.459 e. The van der Waals surface area contributed by atoms with Crippen molar-refractivity contribution in [2.45, 2.75) is 38.3 Å². The van der Waals surface area contributed by atoms with Crippen LogP contribution in [-0.2, 0) is 11.3 Å². The van der Waals surface area contributed by atoms with E-state index in [1.54, 1.807) is 21.9 Å². The van der Waals surface area contributed by atoms with Crippen LogP contribution in [0.3, 0.4) is 0 Å². The Bertz CT molecular complexity index is 767. The van der Waals surface area contributed by atoms with Gasteiger partial charge in [0.2, 0.25) is 5.91 Å². The van der Waals surface area contributed by atoms with Crippen LogP contribution < -0.4 is 0 Å². The maximum atomic E-state index is 12.6. The van der Waals surface area contributed by atoms with Crippen molar-refractivity contribution >= 4 is 11.8 Å². The lowest BCUT2D eigenvalue weighted by Crippen LogP contribution is -2.56. The molecule has 2 amide bonds. The fraction of sp³-hybridized carbons (Fsp3) is 0.562. The van der Waals surface area contributed by atoms with Gasteiger partial charge in [-0.3, -0.25) is 9.59 Å². The van der Waals surface area contributed by atoms with Gasteiger partial charge in [0.1, 0.15) is 6.54 Å². The second-order valence-corrected chi connectivity index (χ2v) is 6.62. The number of tetrazole rings is 1. The first kappa shape index (κ1) is 15.8. The summed E-state index contributed by atoms with van der Waals surface area (Å²) in [6, 6.07) is 3.27. The summed E-state index contributed by atoms with van der Waals surface area (Å²) in [5.74, 6) is 1.27. The van der Waals surface area contributed by atoms with Gasteiger partial charge >= 0.3 is 0 Å². The van der Waals surface area contributed by atoms with Gasteiger partial charge in [-0.2, -0.15) is 4.80 Å². The molecular formula is C16H20N6O3. The van der Waals surface area contributed by atoms with E-state index < -0.39 is 0 Å². The van der Waals surface area contributed by atoms with E-state index in [0.29, 0.717) is 31.3 Å². The molecule has 0 N–H and O–H groups in total. The minimum absolute atomic E-state index is 0.0580. The molecule has 0 aromatic carbocycles. The van der Waals surface area contributed by atoms with Gasteiger partial charge in [0.25, 0.3) is 5.91 Å². The molecule has 4 rings (SSSR count). The quantitative estimate of drug-likeness (QED) is 0.802.